The maximum atomic E-state index is 6.01. The number of guanidine groups is 1. The van der Waals surface area contributed by atoms with Crippen LogP contribution in [-0.2, 0) is 0 Å². The van der Waals surface area contributed by atoms with Crippen LogP contribution in [0.2, 0.25) is 0 Å². The third-order valence-electron chi connectivity index (χ3n) is 3.27. The fourth-order valence-corrected chi connectivity index (χ4v) is 3.05. The number of halogens is 1. The van der Waals surface area contributed by atoms with Crippen molar-refractivity contribution in [3.63, 3.8) is 0 Å². The summed E-state index contributed by atoms with van der Waals surface area (Å²) in [5.74, 6) is 1.84. The van der Waals surface area contributed by atoms with Crippen LogP contribution in [-0.4, -0.2) is 36.2 Å². The van der Waals surface area contributed by atoms with Crippen LogP contribution in [0.15, 0.2) is 40.2 Å². The lowest BCUT2D eigenvalue weighted by Crippen LogP contribution is -2.40. The van der Waals surface area contributed by atoms with E-state index in [1.807, 2.05) is 17.8 Å². The Kier molecular flexibility index (Phi) is 9.09. The molecule has 0 amide bonds. The lowest BCUT2D eigenvalue weighted by atomic mass is 10.1. The highest BCUT2D eigenvalue weighted by atomic mass is 127. The third kappa shape index (κ3) is 6.35. The normalized spacial score (nSPS) is 15.8. The Bertz CT molecular complexity index is 391. The number of hydrogen-bond donors (Lipinski definition) is 1. The molecular weight excluding hydrogens is 381 g/mol. The molecule has 1 aromatic rings. The number of nitrogens with two attached hydrogens (primary N) is 1. The van der Waals surface area contributed by atoms with E-state index in [2.05, 4.69) is 34.2 Å². The first-order valence-electron chi connectivity index (χ1n) is 7.09. The van der Waals surface area contributed by atoms with Crippen molar-refractivity contribution in [3.05, 3.63) is 30.3 Å². The molecule has 0 aliphatic carbocycles. The minimum absolute atomic E-state index is 0. The van der Waals surface area contributed by atoms with Crippen LogP contribution in [0.25, 0.3) is 0 Å². The zero-order valence-electron chi connectivity index (χ0n) is 11.8. The first-order chi connectivity index (χ1) is 9.36. The maximum Gasteiger partial charge on any atom is 0.191 e. The van der Waals surface area contributed by atoms with Gasteiger partial charge in [-0.15, -0.1) is 35.7 Å². The molecule has 112 valence electrons. The Balaban J connectivity index is 0.00000200. The summed E-state index contributed by atoms with van der Waals surface area (Å²) >= 11 is 1.88. The van der Waals surface area contributed by atoms with Gasteiger partial charge < -0.3 is 10.6 Å². The predicted molar refractivity (Wildman–Crippen MR) is 99.1 cm³/mol. The molecule has 1 heterocycles. The Morgan fingerprint density at radius 3 is 2.55 bits per heavy atom. The Labute approximate surface area is 143 Å². The predicted octanol–water partition coefficient (Wildman–Crippen LogP) is 3.59. The molecule has 1 aliphatic heterocycles. The molecule has 0 bridgehead atoms. The van der Waals surface area contributed by atoms with E-state index in [-0.39, 0.29) is 24.0 Å². The van der Waals surface area contributed by atoms with Crippen LogP contribution in [0, 0.1) is 0 Å². The standard InChI is InChI=1S/C15H23N3S.HI/c16-15(18-11-5-2-6-12-18)17-10-7-13-19-14-8-3-1-4-9-14;/h1,3-4,8-9H,2,5-7,10-13H2,(H2,16,17);1H. The fourth-order valence-electron chi connectivity index (χ4n) is 2.19. The molecule has 0 aromatic heterocycles. The molecular formula is C15H24IN3S. The summed E-state index contributed by atoms with van der Waals surface area (Å²) in [6.45, 7) is 2.99. The van der Waals surface area contributed by atoms with Gasteiger partial charge in [0.1, 0.15) is 0 Å². The maximum absolute atomic E-state index is 6.01. The van der Waals surface area contributed by atoms with Gasteiger partial charge in [0.05, 0.1) is 0 Å². The molecule has 5 heteroatoms. The van der Waals surface area contributed by atoms with Crippen molar-refractivity contribution in [3.8, 4) is 0 Å². The number of aliphatic imine (C=N–C) groups is 1. The zero-order chi connectivity index (χ0) is 13.3. The van der Waals surface area contributed by atoms with Crippen LogP contribution >= 0.6 is 35.7 Å². The molecule has 1 saturated heterocycles. The minimum Gasteiger partial charge on any atom is -0.370 e. The van der Waals surface area contributed by atoms with Gasteiger partial charge in [0.25, 0.3) is 0 Å². The molecule has 2 rings (SSSR count). The van der Waals surface area contributed by atoms with Gasteiger partial charge in [0.15, 0.2) is 5.96 Å². The van der Waals surface area contributed by atoms with Gasteiger partial charge in [-0.1, -0.05) is 18.2 Å². The summed E-state index contributed by atoms with van der Waals surface area (Å²) in [5, 5.41) is 0. The van der Waals surface area contributed by atoms with Gasteiger partial charge in [0.2, 0.25) is 0 Å². The van der Waals surface area contributed by atoms with E-state index < -0.39 is 0 Å². The minimum atomic E-state index is 0. The second-order valence-electron chi connectivity index (χ2n) is 4.80. The average Bonchev–Trinajstić information content (AvgIpc) is 2.49. The average molecular weight is 405 g/mol. The number of rotatable bonds is 5. The molecule has 1 fully saturated rings. The van der Waals surface area contributed by atoms with E-state index in [1.54, 1.807) is 0 Å². The smallest absolute Gasteiger partial charge is 0.191 e. The first kappa shape index (κ1) is 17.6. The fraction of sp³-hybridized carbons (Fsp3) is 0.533. The van der Waals surface area contributed by atoms with Crippen molar-refractivity contribution in [2.24, 2.45) is 10.7 Å². The Hall–Kier alpha value is -0.430. The molecule has 1 aliphatic rings. The van der Waals surface area contributed by atoms with Gasteiger partial charge in [-0.2, -0.15) is 0 Å². The van der Waals surface area contributed by atoms with Gasteiger partial charge >= 0.3 is 0 Å². The topological polar surface area (TPSA) is 41.6 Å². The quantitative estimate of drug-likeness (QED) is 0.268. The molecule has 20 heavy (non-hydrogen) atoms. The number of hydrogen-bond acceptors (Lipinski definition) is 2. The largest absolute Gasteiger partial charge is 0.370 e. The zero-order valence-corrected chi connectivity index (χ0v) is 15.0. The number of thioether (sulfide) groups is 1. The van der Waals surface area contributed by atoms with Crippen molar-refractivity contribution < 1.29 is 0 Å². The van der Waals surface area contributed by atoms with Gasteiger partial charge in [-0.3, -0.25) is 4.99 Å². The van der Waals surface area contributed by atoms with Crippen LogP contribution in [0.1, 0.15) is 25.7 Å². The summed E-state index contributed by atoms with van der Waals surface area (Å²) < 4.78 is 0. The Morgan fingerprint density at radius 2 is 1.85 bits per heavy atom. The van der Waals surface area contributed by atoms with E-state index in [4.69, 9.17) is 5.73 Å². The SMILES string of the molecule is I.NC(=NCCCSc1ccccc1)N1CCCCC1. The number of likely N-dealkylation sites (tertiary alicyclic amines) is 1. The summed E-state index contributed by atoms with van der Waals surface area (Å²) in [7, 11) is 0. The van der Waals surface area contributed by atoms with E-state index >= 15 is 0 Å². The summed E-state index contributed by atoms with van der Waals surface area (Å²) in [5.41, 5.74) is 6.01. The molecule has 0 spiro atoms. The molecule has 1 aromatic carbocycles. The molecule has 0 radical (unpaired) electrons. The lowest BCUT2D eigenvalue weighted by molar-refractivity contribution is 0.338. The first-order valence-corrected chi connectivity index (χ1v) is 8.07. The molecule has 0 saturated carbocycles. The highest BCUT2D eigenvalue weighted by molar-refractivity contribution is 14.0. The lowest BCUT2D eigenvalue weighted by Gasteiger charge is -2.27. The molecule has 0 unspecified atom stereocenters. The van der Waals surface area contributed by atoms with Crippen molar-refractivity contribution in [2.45, 2.75) is 30.6 Å². The second-order valence-corrected chi connectivity index (χ2v) is 5.97. The number of nitrogens with zero attached hydrogens (tertiary/aromatic N) is 2. The summed E-state index contributed by atoms with van der Waals surface area (Å²) in [4.78, 5) is 8.03. The van der Waals surface area contributed by atoms with E-state index in [0.29, 0.717) is 0 Å². The molecule has 2 N–H and O–H groups in total. The number of piperidine rings is 1. The van der Waals surface area contributed by atoms with E-state index in [9.17, 15) is 0 Å². The molecule has 0 atom stereocenters. The van der Waals surface area contributed by atoms with Crippen LogP contribution in [0.4, 0.5) is 0 Å². The van der Waals surface area contributed by atoms with Crippen LogP contribution in [0.3, 0.4) is 0 Å². The van der Waals surface area contributed by atoms with Gasteiger partial charge in [-0.05, 0) is 43.6 Å². The second kappa shape index (κ2) is 10.3. The highest BCUT2D eigenvalue weighted by Crippen LogP contribution is 2.17. The van der Waals surface area contributed by atoms with Crippen LogP contribution in [0.5, 0.6) is 0 Å². The van der Waals surface area contributed by atoms with Crippen molar-refractivity contribution in [1.29, 1.82) is 0 Å². The van der Waals surface area contributed by atoms with Gasteiger partial charge in [-0.25, -0.2) is 0 Å². The summed E-state index contributed by atoms with van der Waals surface area (Å²) in [6.07, 6.45) is 4.91. The van der Waals surface area contributed by atoms with Crippen molar-refractivity contribution >= 4 is 41.7 Å². The third-order valence-corrected chi connectivity index (χ3v) is 4.37. The monoisotopic (exact) mass is 405 g/mol. The molecule has 3 nitrogen and oxygen atoms in total. The highest BCUT2D eigenvalue weighted by Gasteiger charge is 2.11. The van der Waals surface area contributed by atoms with Crippen molar-refractivity contribution in [1.82, 2.24) is 4.90 Å². The van der Waals surface area contributed by atoms with E-state index in [0.717, 1.165) is 37.8 Å². The number of benzene rings is 1. The summed E-state index contributed by atoms with van der Waals surface area (Å²) in [6, 6.07) is 10.5. The van der Waals surface area contributed by atoms with Gasteiger partial charge in [0, 0.05) is 24.5 Å². The Morgan fingerprint density at radius 1 is 1.15 bits per heavy atom. The van der Waals surface area contributed by atoms with Crippen LogP contribution < -0.4 is 5.73 Å². The van der Waals surface area contributed by atoms with Crippen molar-refractivity contribution in [2.75, 3.05) is 25.4 Å². The van der Waals surface area contributed by atoms with E-state index in [1.165, 1.54) is 24.2 Å².